The van der Waals surface area contributed by atoms with E-state index in [0.29, 0.717) is 18.0 Å². The van der Waals surface area contributed by atoms with Crippen molar-refractivity contribution in [1.82, 2.24) is 4.72 Å². The summed E-state index contributed by atoms with van der Waals surface area (Å²) in [7, 11) is -2.13. The molecule has 3 N–H and O–H groups in total. The number of anilines is 1. The van der Waals surface area contributed by atoms with Crippen molar-refractivity contribution >= 4 is 27.0 Å². The molecular weight excluding hydrogens is 284 g/mol. The third-order valence-electron chi connectivity index (χ3n) is 2.51. The van der Waals surface area contributed by atoms with Gasteiger partial charge in [-0.15, -0.1) is 11.3 Å². The number of hydrogen-bond acceptors (Lipinski definition) is 5. The number of sulfonamides is 1. The van der Waals surface area contributed by atoms with Crippen molar-refractivity contribution in [3.05, 3.63) is 40.6 Å². The minimum Gasteiger partial charge on any atom is -0.486 e. The Hall–Kier alpha value is -1.57. The summed E-state index contributed by atoms with van der Waals surface area (Å²) in [4.78, 5) is 1.20. The molecule has 7 heteroatoms. The molecule has 0 aliphatic carbocycles. The van der Waals surface area contributed by atoms with Crippen molar-refractivity contribution in [1.29, 1.82) is 0 Å². The van der Waals surface area contributed by atoms with Crippen LogP contribution in [0, 0.1) is 0 Å². The highest BCUT2D eigenvalue weighted by molar-refractivity contribution is 7.89. The van der Waals surface area contributed by atoms with Crippen LogP contribution in [0.4, 0.5) is 5.69 Å². The van der Waals surface area contributed by atoms with E-state index >= 15 is 0 Å². The highest BCUT2D eigenvalue weighted by atomic mass is 32.2. The highest BCUT2D eigenvalue weighted by Gasteiger charge is 2.13. The standard InChI is InChI=1S/C12H14N2O3S2/c1-14-19(15,16)10-4-5-12(11(13)7-10)17-8-9-3-2-6-18-9/h2-7,14H,8,13H2,1H3. The molecule has 0 amide bonds. The fraction of sp³-hybridized carbons (Fsp3) is 0.167. The van der Waals surface area contributed by atoms with Crippen LogP contribution >= 0.6 is 11.3 Å². The van der Waals surface area contributed by atoms with Gasteiger partial charge in [0, 0.05) is 4.88 Å². The van der Waals surface area contributed by atoms with Crippen molar-refractivity contribution in [2.24, 2.45) is 0 Å². The minimum absolute atomic E-state index is 0.121. The maximum atomic E-state index is 11.6. The third kappa shape index (κ3) is 3.25. The molecule has 19 heavy (non-hydrogen) atoms. The van der Waals surface area contributed by atoms with Gasteiger partial charge in [-0.1, -0.05) is 6.07 Å². The van der Waals surface area contributed by atoms with E-state index < -0.39 is 10.0 Å². The summed E-state index contributed by atoms with van der Waals surface area (Å²) in [5.74, 6) is 0.475. The first kappa shape index (κ1) is 13.9. The normalized spacial score (nSPS) is 11.4. The summed E-state index contributed by atoms with van der Waals surface area (Å²) in [6, 6.07) is 8.31. The van der Waals surface area contributed by atoms with E-state index in [2.05, 4.69) is 4.72 Å². The Morgan fingerprint density at radius 1 is 1.37 bits per heavy atom. The third-order valence-corrected chi connectivity index (χ3v) is 4.77. The van der Waals surface area contributed by atoms with Crippen molar-refractivity contribution in [2.45, 2.75) is 11.5 Å². The second-order valence-corrected chi connectivity index (χ2v) is 6.69. The minimum atomic E-state index is -3.48. The Kier molecular flexibility index (Phi) is 4.08. The molecule has 1 aromatic heterocycles. The summed E-state index contributed by atoms with van der Waals surface area (Å²) in [5, 5.41) is 1.96. The fourth-order valence-electron chi connectivity index (χ4n) is 1.49. The second kappa shape index (κ2) is 5.60. The molecule has 5 nitrogen and oxygen atoms in total. The Bertz CT molecular complexity index is 652. The molecule has 1 heterocycles. The Labute approximate surface area is 116 Å². The van der Waals surface area contributed by atoms with Crippen LogP contribution in [-0.4, -0.2) is 15.5 Å². The van der Waals surface area contributed by atoms with Crippen LogP contribution in [0.5, 0.6) is 5.75 Å². The predicted molar refractivity (Wildman–Crippen MR) is 75.8 cm³/mol. The number of ether oxygens (including phenoxy) is 1. The van der Waals surface area contributed by atoms with Crippen LogP contribution in [-0.2, 0) is 16.6 Å². The van der Waals surface area contributed by atoms with Gasteiger partial charge in [0.05, 0.1) is 10.6 Å². The van der Waals surface area contributed by atoms with Gasteiger partial charge in [-0.3, -0.25) is 0 Å². The summed E-state index contributed by atoms with van der Waals surface area (Å²) in [6.07, 6.45) is 0. The quantitative estimate of drug-likeness (QED) is 0.825. The molecule has 2 aromatic rings. The van der Waals surface area contributed by atoms with Gasteiger partial charge in [0.2, 0.25) is 10.0 Å². The molecule has 0 bridgehead atoms. The first-order valence-corrected chi connectivity index (χ1v) is 7.87. The number of nitrogens with one attached hydrogen (secondary N) is 1. The lowest BCUT2D eigenvalue weighted by atomic mass is 10.3. The molecule has 0 fully saturated rings. The van der Waals surface area contributed by atoms with Gasteiger partial charge in [0.1, 0.15) is 12.4 Å². The van der Waals surface area contributed by atoms with Gasteiger partial charge in [0.15, 0.2) is 0 Å². The Morgan fingerprint density at radius 2 is 2.16 bits per heavy atom. The summed E-state index contributed by atoms with van der Waals surface area (Å²) < 4.78 is 31.0. The van der Waals surface area contributed by atoms with Gasteiger partial charge in [0.25, 0.3) is 0 Å². The molecule has 0 aliphatic rings. The van der Waals surface area contributed by atoms with Crippen molar-refractivity contribution in [3.63, 3.8) is 0 Å². The van der Waals surface area contributed by atoms with Gasteiger partial charge in [-0.2, -0.15) is 0 Å². The predicted octanol–water partition coefficient (Wildman–Crippen LogP) is 1.82. The number of benzene rings is 1. The largest absolute Gasteiger partial charge is 0.486 e. The van der Waals surface area contributed by atoms with Gasteiger partial charge >= 0.3 is 0 Å². The smallest absolute Gasteiger partial charge is 0.240 e. The number of hydrogen-bond donors (Lipinski definition) is 2. The molecular formula is C12H14N2O3S2. The second-order valence-electron chi connectivity index (χ2n) is 3.78. The van der Waals surface area contributed by atoms with Gasteiger partial charge in [-0.25, -0.2) is 13.1 Å². The van der Waals surface area contributed by atoms with Crippen LogP contribution in [0.25, 0.3) is 0 Å². The lowest BCUT2D eigenvalue weighted by Gasteiger charge is -2.09. The van der Waals surface area contributed by atoms with E-state index in [-0.39, 0.29) is 4.90 Å². The summed E-state index contributed by atoms with van der Waals surface area (Å²) in [6.45, 7) is 0.417. The lowest BCUT2D eigenvalue weighted by molar-refractivity contribution is 0.311. The number of nitrogens with two attached hydrogens (primary N) is 1. The molecule has 0 radical (unpaired) electrons. The first-order chi connectivity index (χ1) is 9.03. The zero-order valence-corrected chi connectivity index (χ0v) is 11.9. The average molecular weight is 298 g/mol. The SMILES string of the molecule is CNS(=O)(=O)c1ccc(OCc2cccs2)c(N)c1. The maximum Gasteiger partial charge on any atom is 0.240 e. The summed E-state index contributed by atoms with van der Waals surface area (Å²) >= 11 is 1.59. The van der Waals surface area contributed by atoms with Gasteiger partial charge < -0.3 is 10.5 Å². The van der Waals surface area contributed by atoms with E-state index in [9.17, 15) is 8.42 Å². The Balaban J connectivity index is 2.16. The van der Waals surface area contributed by atoms with Crippen LogP contribution in [0.15, 0.2) is 40.6 Å². The molecule has 0 atom stereocenters. The van der Waals surface area contributed by atoms with E-state index in [4.69, 9.17) is 10.5 Å². The molecule has 0 saturated heterocycles. The molecule has 1 aromatic carbocycles. The van der Waals surface area contributed by atoms with Crippen LogP contribution < -0.4 is 15.2 Å². The zero-order valence-electron chi connectivity index (χ0n) is 10.3. The molecule has 0 spiro atoms. The molecule has 102 valence electrons. The maximum absolute atomic E-state index is 11.6. The van der Waals surface area contributed by atoms with E-state index in [1.54, 1.807) is 17.4 Å². The number of rotatable bonds is 5. The average Bonchev–Trinajstić information content (AvgIpc) is 2.90. The molecule has 0 aliphatic heterocycles. The molecule has 0 unspecified atom stereocenters. The van der Waals surface area contributed by atoms with Gasteiger partial charge in [-0.05, 0) is 36.7 Å². The van der Waals surface area contributed by atoms with Crippen LogP contribution in [0.1, 0.15) is 4.88 Å². The van der Waals surface area contributed by atoms with Crippen molar-refractivity contribution in [2.75, 3.05) is 12.8 Å². The van der Waals surface area contributed by atoms with Crippen molar-refractivity contribution in [3.8, 4) is 5.75 Å². The monoisotopic (exact) mass is 298 g/mol. The fourth-order valence-corrected chi connectivity index (χ4v) is 2.87. The zero-order chi connectivity index (χ0) is 13.9. The van der Waals surface area contributed by atoms with E-state index in [1.165, 1.54) is 19.2 Å². The molecule has 0 saturated carbocycles. The highest BCUT2D eigenvalue weighted by Crippen LogP contribution is 2.26. The van der Waals surface area contributed by atoms with Crippen LogP contribution in [0.3, 0.4) is 0 Å². The molecule has 2 rings (SSSR count). The summed E-state index contributed by atoms with van der Waals surface area (Å²) in [5.41, 5.74) is 6.10. The number of nitrogen functional groups attached to an aromatic ring is 1. The first-order valence-electron chi connectivity index (χ1n) is 5.51. The lowest BCUT2D eigenvalue weighted by Crippen LogP contribution is -2.18. The van der Waals surface area contributed by atoms with E-state index in [1.807, 2.05) is 17.5 Å². The van der Waals surface area contributed by atoms with E-state index in [0.717, 1.165) is 4.88 Å². The van der Waals surface area contributed by atoms with Crippen molar-refractivity contribution < 1.29 is 13.2 Å². The van der Waals surface area contributed by atoms with Crippen LogP contribution in [0.2, 0.25) is 0 Å². The topological polar surface area (TPSA) is 81.4 Å². The Morgan fingerprint density at radius 3 is 2.74 bits per heavy atom. The number of thiophene rings is 1.